The van der Waals surface area contributed by atoms with Crippen molar-refractivity contribution < 1.29 is 9.59 Å². The molecule has 1 N–H and O–H groups in total. The van der Waals surface area contributed by atoms with Crippen LogP contribution in [0.2, 0.25) is 0 Å². The van der Waals surface area contributed by atoms with E-state index in [1.807, 2.05) is 18.2 Å². The van der Waals surface area contributed by atoms with E-state index in [1.165, 1.54) is 0 Å². The van der Waals surface area contributed by atoms with Crippen molar-refractivity contribution in [3.63, 3.8) is 0 Å². The van der Waals surface area contributed by atoms with Crippen LogP contribution in [-0.2, 0) is 11.3 Å². The Hall–Kier alpha value is -2.25. The van der Waals surface area contributed by atoms with E-state index in [1.54, 1.807) is 35.4 Å². The maximum Gasteiger partial charge on any atom is 0.251 e. The van der Waals surface area contributed by atoms with E-state index in [2.05, 4.69) is 31.1 Å². The summed E-state index contributed by atoms with van der Waals surface area (Å²) in [5.41, 5.74) is 1.58. The Bertz CT molecular complexity index is 744. The quantitative estimate of drug-likeness (QED) is 0.808. The van der Waals surface area contributed by atoms with Crippen molar-refractivity contribution in [1.82, 2.24) is 20.1 Å². The summed E-state index contributed by atoms with van der Waals surface area (Å²) in [6.07, 6.45) is 1.79. The summed E-state index contributed by atoms with van der Waals surface area (Å²) in [6.45, 7) is 3.77. The highest BCUT2D eigenvalue weighted by atomic mass is 79.9. The van der Waals surface area contributed by atoms with Crippen molar-refractivity contribution in [2.45, 2.75) is 6.54 Å². The van der Waals surface area contributed by atoms with Gasteiger partial charge in [0.15, 0.2) is 0 Å². The highest BCUT2D eigenvalue weighted by Crippen LogP contribution is 2.10. The lowest BCUT2D eigenvalue weighted by Crippen LogP contribution is -2.50. The fourth-order valence-electron chi connectivity index (χ4n) is 2.85. The molecule has 1 fully saturated rings. The smallest absolute Gasteiger partial charge is 0.251 e. The molecule has 0 aliphatic carbocycles. The standard InChI is InChI=1S/C19H21BrN4O2/c20-16-6-4-15(5-7-16)19(26)22-13-18(25)24-11-9-23(10-12-24)14-17-3-1-2-8-21-17/h1-8H,9-14H2,(H,22,26). The fraction of sp³-hybridized carbons (Fsp3) is 0.316. The monoisotopic (exact) mass is 416 g/mol. The minimum Gasteiger partial charge on any atom is -0.343 e. The van der Waals surface area contributed by atoms with Crippen molar-refractivity contribution in [2.75, 3.05) is 32.7 Å². The maximum atomic E-state index is 12.3. The van der Waals surface area contributed by atoms with Gasteiger partial charge >= 0.3 is 0 Å². The average molecular weight is 417 g/mol. The molecule has 1 saturated heterocycles. The predicted octanol–water partition coefficient (Wildman–Crippen LogP) is 1.92. The first-order valence-corrected chi connectivity index (χ1v) is 9.35. The Morgan fingerprint density at radius 1 is 1.04 bits per heavy atom. The molecule has 0 radical (unpaired) electrons. The maximum absolute atomic E-state index is 12.3. The Labute approximate surface area is 161 Å². The predicted molar refractivity (Wildman–Crippen MR) is 103 cm³/mol. The summed E-state index contributed by atoms with van der Waals surface area (Å²) < 4.78 is 0.911. The number of hydrogen-bond donors (Lipinski definition) is 1. The molecule has 1 aliphatic rings. The molecule has 1 aromatic carbocycles. The molecule has 6 nitrogen and oxygen atoms in total. The number of hydrogen-bond acceptors (Lipinski definition) is 4. The van der Waals surface area contributed by atoms with Crippen LogP contribution in [0, 0.1) is 0 Å². The second-order valence-corrected chi connectivity index (χ2v) is 7.08. The summed E-state index contributed by atoms with van der Waals surface area (Å²) >= 11 is 3.33. The second-order valence-electron chi connectivity index (χ2n) is 6.17. The number of piperazine rings is 1. The number of benzene rings is 1. The van der Waals surface area contributed by atoms with Gasteiger partial charge in [-0.3, -0.25) is 19.5 Å². The molecule has 0 spiro atoms. The van der Waals surface area contributed by atoms with Crippen LogP contribution in [0.3, 0.4) is 0 Å². The lowest BCUT2D eigenvalue weighted by atomic mass is 10.2. The first kappa shape index (κ1) is 18.5. The van der Waals surface area contributed by atoms with Crippen LogP contribution >= 0.6 is 15.9 Å². The van der Waals surface area contributed by atoms with Gasteiger partial charge in [0, 0.05) is 49.0 Å². The van der Waals surface area contributed by atoms with Gasteiger partial charge in [0.25, 0.3) is 5.91 Å². The largest absolute Gasteiger partial charge is 0.343 e. The molecule has 3 rings (SSSR count). The number of carbonyl (C=O) groups excluding carboxylic acids is 2. The first-order chi connectivity index (χ1) is 12.6. The number of pyridine rings is 1. The fourth-order valence-corrected chi connectivity index (χ4v) is 3.11. The third kappa shape index (κ3) is 5.12. The molecule has 1 aliphatic heterocycles. The van der Waals surface area contributed by atoms with Gasteiger partial charge in [-0.05, 0) is 36.4 Å². The summed E-state index contributed by atoms with van der Waals surface area (Å²) in [5, 5.41) is 2.70. The van der Waals surface area contributed by atoms with Crippen LogP contribution in [0.15, 0.2) is 53.1 Å². The van der Waals surface area contributed by atoms with Gasteiger partial charge in [0.05, 0.1) is 12.2 Å². The topological polar surface area (TPSA) is 65.5 Å². The normalized spacial score (nSPS) is 14.9. The summed E-state index contributed by atoms with van der Waals surface area (Å²) in [5.74, 6) is -0.285. The summed E-state index contributed by atoms with van der Waals surface area (Å²) in [6, 6.07) is 12.9. The van der Waals surface area contributed by atoms with Crippen molar-refractivity contribution in [3.05, 3.63) is 64.4 Å². The Morgan fingerprint density at radius 2 is 1.77 bits per heavy atom. The minimum atomic E-state index is -0.236. The molecule has 7 heteroatoms. The molecule has 2 amide bonds. The zero-order chi connectivity index (χ0) is 18.4. The van der Waals surface area contributed by atoms with Crippen LogP contribution in [0.1, 0.15) is 16.1 Å². The van der Waals surface area contributed by atoms with Crippen molar-refractivity contribution in [2.24, 2.45) is 0 Å². The number of halogens is 1. The first-order valence-electron chi connectivity index (χ1n) is 8.55. The third-order valence-corrected chi connectivity index (χ3v) is 4.87. The number of nitrogens with zero attached hydrogens (tertiary/aromatic N) is 3. The van der Waals surface area contributed by atoms with Crippen molar-refractivity contribution in [1.29, 1.82) is 0 Å². The van der Waals surface area contributed by atoms with Crippen LogP contribution in [0.4, 0.5) is 0 Å². The molecular formula is C19H21BrN4O2. The average Bonchev–Trinajstić information content (AvgIpc) is 2.68. The van der Waals surface area contributed by atoms with E-state index in [0.29, 0.717) is 18.7 Å². The molecule has 2 aromatic rings. The molecule has 0 atom stereocenters. The molecule has 0 saturated carbocycles. The molecule has 2 heterocycles. The van der Waals surface area contributed by atoms with E-state index in [0.717, 1.165) is 29.8 Å². The molecular weight excluding hydrogens is 396 g/mol. The molecule has 136 valence electrons. The minimum absolute atomic E-state index is 0.0230. The summed E-state index contributed by atoms with van der Waals surface area (Å²) in [7, 11) is 0. The SMILES string of the molecule is O=C(NCC(=O)N1CCN(Cc2ccccn2)CC1)c1ccc(Br)cc1. The Morgan fingerprint density at radius 3 is 2.42 bits per heavy atom. The van der Waals surface area contributed by atoms with E-state index in [4.69, 9.17) is 0 Å². The van der Waals surface area contributed by atoms with Crippen molar-refractivity contribution >= 4 is 27.7 Å². The van der Waals surface area contributed by atoms with Crippen LogP contribution in [0.5, 0.6) is 0 Å². The van der Waals surface area contributed by atoms with Gasteiger partial charge in [-0.2, -0.15) is 0 Å². The van der Waals surface area contributed by atoms with Crippen LogP contribution in [-0.4, -0.2) is 59.3 Å². The van der Waals surface area contributed by atoms with Gasteiger partial charge in [-0.15, -0.1) is 0 Å². The molecule has 1 aromatic heterocycles. The van der Waals surface area contributed by atoms with E-state index < -0.39 is 0 Å². The number of carbonyl (C=O) groups is 2. The highest BCUT2D eigenvalue weighted by molar-refractivity contribution is 9.10. The second kappa shape index (κ2) is 8.91. The Balaban J connectivity index is 1.42. The molecule has 26 heavy (non-hydrogen) atoms. The van der Waals surface area contributed by atoms with Crippen LogP contribution in [0.25, 0.3) is 0 Å². The lowest BCUT2D eigenvalue weighted by Gasteiger charge is -2.34. The zero-order valence-electron chi connectivity index (χ0n) is 14.4. The number of amides is 2. The summed E-state index contributed by atoms with van der Waals surface area (Å²) in [4.78, 5) is 32.8. The third-order valence-electron chi connectivity index (χ3n) is 4.34. The number of aromatic nitrogens is 1. The molecule has 0 bridgehead atoms. The van der Waals surface area contributed by atoms with Crippen LogP contribution < -0.4 is 5.32 Å². The number of nitrogens with one attached hydrogen (secondary N) is 1. The lowest BCUT2D eigenvalue weighted by molar-refractivity contribution is -0.131. The van der Waals surface area contributed by atoms with Gasteiger partial charge < -0.3 is 10.2 Å². The van der Waals surface area contributed by atoms with Gasteiger partial charge in [0.1, 0.15) is 0 Å². The number of rotatable bonds is 5. The van der Waals surface area contributed by atoms with Crippen molar-refractivity contribution in [3.8, 4) is 0 Å². The van der Waals surface area contributed by atoms with E-state index in [9.17, 15) is 9.59 Å². The molecule has 0 unspecified atom stereocenters. The van der Waals surface area contributed by atoms with E-state index in [-0.39, 0.29) is 18.4 Å². The zero-order valence-corrected chi connectivity index (χ0v) is 16.0. The van der Waals surface area contributed by atoms with E-state index >= 15 is 0 Å². The van der Waals surface area contributed by atoms with Gasteiger partial charge in [0.2, 0.25) is 5.91 Å². The highest BCUT2D eigenvalue weighted by Gasteiger charge is 2.21. The Kier molecular flexibility index (Phi) is 6.35. The van der Waals surface area contributed by atoms with Gasteiger partial charge in [-0.25, -0.2) is 0 Å². The van der Waals surface area contributed by atoms with Gasteiger partial charge in [-0.1, -0.05) is 22.0 Å².